The van der Waals surface area contributed by atoms with E-state index in [1.165, 1.54) is 11.3 Å². The molecule has 1 aliphatic rings. The molecule has 5 rings (SSSR count). The molecule has 1 aliphatic heterocycles. The van der Waals surface area contributed by atoms with Crippen LogP contribution in [-0.2, 0) is 15.9 Å². The van der Waals surface area contributed by atoms with Crippen LogP contribution in [0.1, 0.15) is 51.9 Å². The molecule has 1 saturated heterocycles. The van der Waals surface area contributed by atoms with E-state index in [0.717, 1.165) is 71.9 Å². The smallest absolute Gasteiger partial charge is 0.196 e. The zero-order valence-corrected chi connectivity index (χ0v) is 27.3. The zero-order chi connectivity index (χ0) is 32.1. The Morgan fingerprint density at radius 1 is 1.20 bits per heavy atom. The lowest BCUT2D eigenvalue weighted by molar-refractivity contribution is 0.109. The van der Waals surface area contributed by atoms with E-state index in [1.807, 2.05) is 38.2 Å². The maximum absolute atomic E-state index is 7.33. The summed E-state index contributed by atoms with van der Waals surface area (Å²) in [6.45, 7) is 15.6. The number of aliphatic imine (C=N–C) groups is 1. The molecule has 44 heavy (non-hydrogen) atoms. The molecular formula is C35H49N5O4. The Morgan fingerprint density at radius 2 is 1.91 bits per heavy atom. The van der Waals surface area contributed by atoms with Crippen molar-refractivity contribution in [2.45, 2.75) is 66.0 Å². The summed E-state index contributed by atoms with van der Waals surface area (Å²) in [5, 5.41) is 11.4. The normalized spacial score (nSPS) is 16.4. The molecular weight excluding hydrogens is 554 g/mol. The van der Waals surface area contributed by atoms with Crippen molar-refractivity contribution in [2.24, 2.45) is 10.9 Å². The summed E-state index contributed by atoms with van der Waals surface area (Å²) in [5.74, 6) is 2.85. The molecule has 9 heteroatoms. The summed E-state index contributed by atoms with van der Waals surface area (Å²) < 4.78 is 18.1. The van der Waals surface area contributed by atoms with Gasteiger partial charge in [-0.25, -0.2) is 9.97 Å². The van der Waals surface area contributed by atoms with E-state index >= 15 is 0 Å². The Bertz CT molecular complexity index is 1460. The van der Waals surface area contributed by atoms with Crippen LogP contribution in [0.5, 0.6) is 0 Å². The van der Waals surface area contributed by atoms with Crippen LogP contribution in [-0.4, -0.2) is 67.0 Å². The number of benzene rings is 2. The first kappa shape index (κ1) is 34.4. The van der Waals surface area contributed by atoms with Gasteiger partial charge < -0.3 is 29.2 Å². The third-order valence-electron chi connectivity index (χ3n) is 7.24. The minimum atomic E-state index is 0.0495. The van der Waals surface area contributed by atoms with Crippen molar-refractivity contribution in [3.05, 3.63) is 72.8 Å². The van der Waals surface area contributed by atoms with Gasteiger partial charge in [-0.3, -0.25) is 4.99 Å². The van der Waals surface area contributed by atoms with Crippen LogP contribution in [0.2, 0.25) is 0 Å². The van der Waals surface area contributed by atoms with Gasteiger partial charge in [0.05, 0.1) is 19.4 Å². The average molecular weight is 604 g/mol. The molecule has 2 N–H and O–H groups in total. The van der Waals surface area contributed by atoms with E-state index in [4.69, 9.17) is 24.0 Å². The Morgan fingerprint density at radius 3 is 2.55 bits per heavy atom. The van der Waals surface area contributed by atoms with Crippen molar-refractivity contribution in [1.29, 1.82) is 0 Å². The number of aliphatic hydroxyl groups excluding tert-OH is 1. The molecule has 4 aromatic rings. The van der Waals surface area contributed by atoms with Crippen molar-refractivity contribution in [3.63, 3.8) is 0 Å². The number of ether oxygens (including phenoxy) is 2. The van der Waals surface area contributed by atoms with E-state index in [1.54, 1.807) is 7.05 Å². The van der Waals surface area contributed by atoms with Gasteiger partial charge in [-0.2, -0.15) is 0 Å². The van der Waals surface area contributed by atoms with E-state index in [9.17, 15) is 0 Å². The topological polar surface area (TPSA) is 105 Å². The highest BCUT2D eigenvalue weighted by Gasteiger charge is 2.34. The predicted molar refractivity (Wildman–Crippen MR) is 182 cm³/mol. The van der Waals surface area contributed by atoms with Gasteiger partial charge in [0.2, 0.25) is 0 Å². The molecule has 2 aromatic heterocycles. The van der Waals surface area contributed by atoms with Gasteiger partial charge in [-0.1, -0.05) is 51.6 Å². The van der Waals surface area contributed by atoms with E-state index < -0.39 is 0 Å². The highest BCUT2D eigenvalue weighted by molar-refractivity contribution is 6.05. The van der Waals surface area contributed by atoms with E-state index in [2.05, 4.69) is 78.7 Å². The predicted octanol–water partition coefficient (Wildman–Crippen LogP) is 7.74. The monoisotopic (exact) mass is 603 g/mol. The number of rotatable bonds is 9. The van der Waals surface area contributed by atoms with Crippen LogP contribution in [0.15, 0.2) is 70.8 Å². The minimum Gasteiger partial charge on any atom is -0.516 e. The van der Waals surface area contributed by atoms with Crippen LogP contribution >= 0.6 is 0 Å². The molecule has 3 heterocycles. The summed E-state index contributed by atoms with van der Waals surface area (Å²) in [6, 6.07) is 16.8. The maximum Gasteiger partial charge on any atom is 0.196 e. The fraction of sp³-hybridized carbons (Fsp3) is 0.457. The number of hydrogen-bond acceptors (Lipinski definition) is 9. The molecule has 2 atom stereocenters. The highest BCUT2D eigenvalue weighted by Crippen LogP contribution is 2.36. The first-order valence-corrected chi connectivity index (χ1v) is 15.4. The number of para-hydroxylation sites is 1. The summed E-state index contributed by atoms with van der Waals surface area (Å²) in [6.07, 6.45) is 3.50. The minimum absolute atomic E-state index is 0.0495. The molecule has 0 amide bonds. The fourth-order valence-corrected chi connectivity index (χ4v) is 5.04. The molecule has 238 valence electrons. The van der Waals surface area contributed by atoms with Crippen molar-refractivity contribution < 1.29 is 19.0 Å². The second-order valence-electron chi connectivity index (χ2n) is 11.2. The molecule has 2 aromatic carbocycles. The number of aromatic nitrogens is 2. The van der Waals surface area contributed by atoms with E-state index in [-0.39, 0.29) is 12.1 Å². The Balaban J connectivity index is 0.000000340. The number of hydrogen-bond donors (Lipinski definition) is 2. The number of fused-ring (bicyclic) bond motifs is 3. The van der Waals surface area contributed by atoms with Crippen molar-refractivity contribution in [3.8, 4) is 0 Å². The first-order chi connectivity index (χ1) is 21.2. The molecule has 0 unspecified atom stereocenters. The van der Waals surface area contributed by atoms with E-state index in [0.29, 0.717) is 18.9 Å². The molecule has 9 nitrogen and oxygen atoms in total. The zero-order valence-electron chi connectivity index (χ0n) is 27.3. The lowest BCUT2D eigenvalue weighted by Crippen LogP contribution is -2.29. The van der Waals surface area contributed by atoms with Crippen LogP contribution in [0.4, 0.5) is 11.5 Å². The molecule has 0 spiro atoms. The number of aryl methyl sites for hydroxylation is 2. The molecule has 0 bridgehead atoms. The van der Waals surface area contributed by atoms with Gasteiger partial charge in [0.25, 0.3) is 0 Å². The molecule has 0 aliphatic carbocycles. The maximum atomic E-state index is 7.33. The van der Waals surface area contributed by atoms with Gasteiger partial charge in [0.1, 0.15) is 23.0 Å². The Hall–Kier alpha value is -4.11. The SMILES string of the molecule is C=CO.CCc1ccc(NC)cc1.CN=C(CCOCC(C)C)O[C@H]1C[C@@H](C)N(c2nc(C)nc3c2oc2ccccc23)C1. The van der Waals surface area contributed by atoms with Gasteiger partial charge in [0, 0.05) is 50.7 Å². The van der Waals surface area contributed by atoms with Gasteiger partial charge >= 0.3 is 0 Å². The number of furan rings is 1. The first-order valence-electron chi connectivity index (χ1n) is 15.4. The van der Waals surface area contributed by atoms with Gasteiger partial charge in [0.15, 0.2) is 17.3 Å². The quantitative estimate of drug-likeness (QED) is 0.0866. The van der Waals surface area contributed by atoms with Crippen molar-refractivity contribution in [1.82, 2.24) is 9.97 Å². The van der Waals surface area contributed by atoms with Crippen LogP contribution in [0.3, 0.4) is 0 Å². The number of aliphatic hydroxyl groups is 1. The molecule has 1 fully saturated rings. The summed E-state index contributed by atoms with van der Waals surface area (Å²) >= 11 is 0. The van der Waals surface area contributed by atoms with Crippen molar-refractivity contribution in [2.75, 3.05) is 44.1 Å². The standard InChI is InChI=1S/C24H32N4O3.C9H13N.C2H4O/c1-15(2)14-29-11-10-21(25-5)30-18-12-16(3)28(13-18)24-23-22(26-17(4)27-24)19-8-6-7-9-20(19)31-23;1-3-8-4-6-9(10-2)7-5-8;1-2-3/h6-9,15-16,18H,10-14H2,1-5H3;4-7,10H,3H2,1-2H3;2-3H,1H2/t16-,18+;;/m1../s1. The fourth-order valence-electron chi connectivity index (χ4n) is 5.04. The molecule has 0 radical (unpaired) electrons. The average Bonchev–Trinajstić information content (AvgIpc) is 3.58. The number of anilines is 2. The number of nitrogens with zero attached hydrogens (tertiary/aromatic N) is 4. The Kier molecular flexibility index (Phi) is 13.5. The van der Waals surface area contributed by atoms with Gasteiger partial charge in [-0.05, 0) is 56.0 Å². The third kappa shape index (κ3) is 9.44. The largest absolute Gasteiger partial charge is 0.516 e. The van der Waals surface area contributed by atoms with Crippen LogP contribution in [0.25, 0.3) is 22.1 Å². The Labute approximate surface area is 262 Å². The summed E-state index contributed by atoms with van der Waals surface area (Å²) in [7, 11) is 3.71. The van der Waals surface area contributed by atoms with Crippen LogP contribution in [0, 0.1) is 12.8 Å². The lowest BCUT2D eigenvalue weighted by atomic mass is 10.1. The van der Waals surface area contributed by atoms with Gasteiger partial charge in [-0.15, -0.1) is 0 Å². The third-order valence-corrected chi connectivity index (χ3v) is 7.24. The van der Waals surface area contributed by atoms with Crippen molar-refractivity contribution >= 4 is 39.5 Å². The highest BCUT2D eigenvalue weighted by atomic mass is 16.5. The number of nitrogens with one attached hydrogen (secondary N) is 1. The second kappa shape index (κ2) is 17.3. The summed E-state index contributed by atoms with van der Waals surface area (Å²) in [5.41, 5.74) is 5.01. The van der Waals surface area contributed by atoms with Crippen LogP contribution < -0.4 is 10.2 Å². The molecule has 0 saturated carbocycles. The lowest BCUT2D eigenvalue weighted by Gasteiger charge is -2.22. The second-order valence-corrected chi connectivity index (χ2v) is 11.2. The summed E-state index contributed by atoms with van der Waals surface area (Å²) in [4.78, 5) is 16.0.